The highest BCUT2D eigenvalue weighted by molar-refractivity contribution is 7.10. The van der Waals surface area contributed by atoms with E-state index in [1.54, 1.807) is 17.4 Å². The summed E-state index contributed by atoms with van der Waals surface area (Å²) in [6.45, 7) is 0. The van der Waals surface area contributed by atoms with Crippen molar-refractivity contribution in [2.24, 2.45) is 0 Å². The third-order valence-electron chi connectivity index (χ3n) is 1.84. The van der Waals surface area contributed by atoms with Gasteiger partial charge in [-0.3, -0.25) is 4.79 Å². The fourth-order valence-electron chi connectivity index (χ4n) is 1.27. The Morgan fingerprint density at radius 3 is 3.17 bits per heavy atom. The van der Waals surface area contributed by atoms with Gasteiger partial charge in [0, 0.05) is 4.88 Å². The second-order valence-electron chi connectivity index (χ2n) is 2.71. The molecule has 1 aliphatic heterocycles. The number of carbonyl (C=O) groups excluding carboxylic acids is 1. The molecule has 2 nitrogen and oxygen atoms in total. The van der Waals surface area contributed by atoms with E-state index in [2.05, 4.69) is 11.4 Å². The van der Waals surface area contributed by atoms with Gasteiger partial charge in [-0.1, -0.05) is 12.1 Å². The van der Waals surface area contributed by atoms with Crippen molar-refractivity contribution in [3.63, 3.8) is 0 Å². The van der Waals surface area contributed by atoms with Gasteiger partial charge >= 0.3 is 0 Å². The van der Waals surface area contributed by atoms with Crippen molar-refractivity contribution >= 4 is 17.2 Å². The Morgan fingerprint density at radius 1 is 1.58 bits per heavy atom. The van der Waals surface area contributed by atoms with Crippen molar-refractivity contribution in [3.8, 4) is 0 Å². The van der Waals surface area contributed by atoms with Crippen LogP contribution in [0.2, 0.25) is 0 Å². The first-order valence-corrected chi connectivity index (χ1v) is 4.74. The van der Waals surface area contributed by atoms with Crippen molar-refractivity contribution in [2.75, 3.05) is 0 Å². The molecular weight excluding hydrogens is 170 g/mol. The molecule has 1 unspecified atom stereocenters. The minimum absolute atomic E-state index is 0.0136. The van der Waals surface area contributed by atoms with Gasteiger partial charge in [0.1, 0.15) is 0 Å². The van der Waals surface area contributed by atoms with Crippen LogP contribution >= 0.6 is 11.3 Å². The number of carbonyl (C=O) groups is 1. The highest BCUT2D eigenvalue weighted by atomic mass is 32.1. The first-order valence-electron chi connectivity index (χ1n) is 3.87. The standard InChI is InChI=1S/C9H9NOS/c11-9-5-1-3-7(10-9)8-4-2-6-12-8/h1-2,4-7H,3H2,(H,10,11). The number of hydrogen-bond donors (Lipinski definition) is 1. The number of thiophene rings is 1. The van der Waals surface area contributed by atoms with Crippen LogP contribution in [0.3, 0.4) is 0 Å². The quantitative estimate of drug-likeness (QED) is 0.700. The molecule has 1 aromatic rings. The van der Waals surface area contributed by atoms with Crippen LogP contribution in [0.5, 0.6) is 0 Å². The fourth-order valence-corrected chi connectivity index (χ4v) is 2.06. The molecule has 0 saturated carbocycles. The van der Waals surface area contributed by atoms with Gasteiger partial charge in [0.05, 0.1) is 6.04 Å². The second kappa shape index (κ2) is 3.11. The van der Waals surface area contributed by atoms with Crippen LogP contribution < -0.4 is 5.32 Å². The topological polar surface area (TPSA) is 29.1 Å². The third kappa shape index (κ3) is 1.41. The van der Waals surface area contributed by atoms with Crippen LogP contribution in [0.1, 0.15) is 17.3 Å². The number of rotatable bonds is 1. The summed E-state index contributed by atoms with van der Waals surface area (Å²) in [6, 6.07) is 4.25. The maximum atomic E-state index is 11.0. The summed E-state index contributed by atoms with van der Waals surface area (Å²) in [4.78, 5) is 12.2. The Labute approximate surface area is 74.9 Å². The summed E-state index contributed by atoms with van der Waals surface area (Å²) in [7, 11) is 0. The van der Waals surface area contributed by atoms with Gasteiger partial charge in [-0.15, -0.1) is 11.3 Å². The molecule has 2 rings (SSSR count). The molecule has 0 spiro atoms. The van der Waals surface area contributed by atoms with Gasteiger partial charge in [-0.25, -0.2) is 0 Å². The van der Waals surface area contributed by atoms with Crippen LogP contribution in [0, 0.1) is 0 Å². The molecule has 12 heavy (non-hydrogen) atoms. The lowest BCUT2D eigenvalue weighted by atomic mass is 10.1. The lowest BCUT2D eigenvalue weighted by Crippen LogP contribution is -2.28. The van der Waals surface area contributed by atoms with Gasteiger partial charge in [0.25, 0.3) is 0 Å². The predicted molar refractivity (Wildman–Crippen MR) is 49.0 cm³/mol. The van der Waals surface area contributed by atoms with E-state index in [4.69, 9.17) is 0 Å². The zero-order valence-electron chi connectivity index (χ0n) is 6.49. The molecule has 0 aromatic carbocycles. The first-order chi connectivity index (χ1) is 5.86. The first kappa shape index (κ1) is 7.55. The summed E-state index contributed by atoms with van der Waals surface area (Å²) in [6.07, 6.45) is 4.42. The van der Waals surface area contributed by atoms with Crippen molar-refractivity contribution in [3.05, 3.63) is 34.5 Å². The Kier molecular flexibility index (Phi) is 1.96. The summed E-state index contributed by atoms with van der Waals surface area (Å²) < 4.78 is 0. The van der Waals surface area contributed by atoms with Gasteiger partial charge in [-0.05, 0) is 23.9 Å². The maximum absolute atomic E-state index is 11.0. The second-order valence-corrected chi connectivity index (χ2v) is 3.69. The SMILES string of the molecule is O=C1C=CCC(c2cccs2)N1. The Morgan fingerprint density at radius 2 is 2.50 bits per heavy atom. The molecule has 1 aromatic heterocycles. The number of nitrogens with one attached hydrogen (secondary N) is 1. The Bertz CT molecular complexity index is 302. The highest BCUT2D eigenvalue weighted by Crippen LogP contribution is 2.23. The van der Waals surface area contributed by atoms with Gasteiger partial charge in [0.2, 0.25) is 5.91 Å². The van der Waals surface area contributed by atoms with Gasteiger partial charge < -0.3 is 5.32 Å². The van der Waals surface area contributed by atoms with Crippen molar-refractivity contribution in [2.45, 2.75) is 12.5 Å². The molecule has 1 N–H and O–H groups in total. The molecule has 0 saturated heterocycles. The molecular formula is C9H9NOS. The molecule has 1 atom stereocenters. The minimum Gasteiger partial charge on any atom is -0.345 e. The van der Waals surface area contributed by atoms with Crippen molar-refractivity contribution in [1.29, 1.82) is 0 Å². The highest BCUT2D eigenvalue weighted by Gasteiger charge is 2.15. The van der Waals surface area contributed by atoms with Gasteiger partial charge in [-0.2, -0.15) is 0 Å². The van der Waals surface area contributed by atoms with E-state index in [1.165, 1.54) is 4.88 Å². The molecule has 2 heterocycles. The summed E-state index contributed by atoms with van der Waals surface area (Å²) >= 11 is 1.68. The number of amides is 1. The normalized spacial score (nSPS) is 22.3. The summed E-state index contributed by atoms with van der Waals surface area (Å²) in [5.74, 6) is 0.0136. The van der Waals surface area contributed by atoms with Crippen LogP contribution in [0.25, 0.3) is 0 Å². The third-order valence-corrected chi connectivity index (χ3v) is 2.83. The zero-order chi connectivity index (χ0) is 8.39. The molecule has 0 bridgehead atoms. The molecule has 62 valence electrons. The largest absolute Gasteiger partial charge is 0.345 e. The van der Waals surface area contributed by atoms with Crippen LogP contribution in [-0.2, 0) is 4.79 Å². The Balaban J connectivity index is 2.17. The molecule has 0 radical (unpaired) electrons. The average molecular weight is 179 g/mol. The molecule has 1 amide bonds. The lowest BCUT2D eigenvalue weighted by molar-refractivity contribution is -0.117. The number of hydrogen-bond acceptors (Lipinski definition) is 2. The maximum Gasteiger partial charge on any atom is 0.244 e. The van der Waals surface area contributed by atoms with E-state index in [0.29, 0.717) is 0 Å². The fraction of sp³-hybridized carbons (Fsp3) is 0.222. The summed E-state index contributed by atoms with van der Waals surface area (Å²) in [5.41, 5.74) is 0. The van der Waals surface area contributed by atoms with Crippen LogP contribution in [0.4, 0.5) is 0 Å². The van der Waals surface area contributed by atoms with Crippen LogP contribution in [-0.4, -0.2) is 5.91 Å². The van der Waals surface area contributed by atoms with Gasteiger partial charge in [0.15, 0.2) is 0 Å². The molecule has 0 aliphatic carbocycles. The smallest absolute Gasteiger partial charge is 0.244 e. The Hall–Kier alpha value is -1.09. The van der Waals surface area contributed by atoms with E-state index in [0.717, 1.165) is 6.42 Å². The van der Waals surface area contributed by atoms with E-state index >= 15 is 0 Å². The molecule has 3 heteroatoms. The van der Waals surface area contributed by atoms with E-state index in [-0.39, 0.29) is 11.9 Å². The monoisotopic (exact) mass is 179 g/mol. The van der Waals surface area contributed by atoms with Crippen molar-refractivity contribution in [1.82, 2.24) is 5.32 Å². The van der Waals surface area contributed by atoms with Crippen LogP contribution in [0.15, 0.2) is 29.7 Å². The predicted octanol–water partition coefficient (Wildman–Crippen LogP) is 1.87. The molecule has 1 aliphatic rings. The van der Waals surface area contributed by atoms with E-state index in [9.17, 15) is 4.79 Å². The lowest BCUT2D eigenvalue weighted by Gasteiger charge is -2.17. The van der Waals surface area contributed by atoms with E-state index < -0.39 is 0 Å². The van der Waals surface area contributed by atoms with E-state index in [1.807, 2.05) is 17.5 Å². The summed E-state index contributed by atoms with van der Waals surface area (Å²) in [5, 5.41) is 4.93. The van der Waals surface area contributed by atoms with Crippen molar-refractivity contribution < 1.29 is 4.79 Å². The zero-order valence-corrected chi connectivity index (χ0v) is 7.30. The average Bonchev–Trinajstić information content (AvgIpc) is 2.56. The minimum atomic E-state index is 0.0136. The molecule has 0 fully saturated rings.